The van der Waals surface area contributed by atoms with Gasteiger partial charge in [-0.05, 0) is 37.1 Å². The fourth-order valence-corrected chi connectivity index (χ4v) is 4.58. The average molecular weight is 479 g/mol. The summed E-state index contributed by atoms with van der Waals surface area (Å²) in [5.74, 6) is -0.0217. The average Bonchev–Trinajstić information content (AvgIpc) is 3.21. The van der Waals surface area contributed by atoms with Gasteiger partial charge in [-0.15, -0.1) is 0 Å². The maximum Gasteiger partial charge on any atom is 0.317 e. The molecule has 1 N–H and O–H groups in total. The number of hydrogen-bond acceptors (Lipinski definition) is 2. The van der Waals surface area contributed by atoms with E-state index < -0.39 is 0 Å². The Hall–Kier alpha value is -3.25. The van der Waals surface area contributed by atoms with Crippen molar-refractivity contribution in [2.45, 2.75) is 26.7 Å². The normalized spacial score (nSPS) is 13.7. The van der Waals surface area contributed by atoms with Crippen molar-refractivity contribution < 1.29 is 9.59 Å². The molecule has 1 aromatic heterocycles. The third kappa shape index (κ3) is 4.97. The van der Waals surface area contributed by atoms with Crippen LogP contribution in [0.4, 0.5) is 4.79 Å². The van der Waals surface area contributed by atoms with Crippen LogP contribution in [0.15, 0.2) is 60.7 Å². The molecule has 2 heterocycles. The fraction of sp³-hybridized carbons (Fsp3) is 0.333. The molecule has 3 amide bonds. The zero-order chi connectivity index (χ0) is 24.1. The molecule has 178 valence electrons. The molecule has 3 aromatic rings. The standard InChI is InChI=1S/C27H31ClN4O2/c1-3-4-14-29-27(34)31-17-15-30(16-18-31)26(33)22-19-25(21-10-6-5-7-11-21)32(20(22)2)24-13-9-8-12-23(24)28/h5-13,19H,3-4,14-18H2,1-2H3,(H,29,34). The van der Waals surface area contributed by atoms with Gasteiger partial charge in [0.15, 0.2) is 0 Å². The van der Waals surface area contributed by atoms with Crippen LogP contribution >= 0.6 is 11.6 Å². The van der Waals surface area contributed by atoms with E-state index in [-0.39, 0.29) is 11.9 Å². The number of unbranched alkanes of at least 4 members (excludes halogenated alkanes) is 1. The molecule has 1 aliphatic rings. The highest BCUT2D eigenvalue weighted by Crippen LogP contribution is 2.33. The van der Waals surface area contributed by atoms with Crippen LogP contribution in [-0.2, 0) is 0 Å². The van der Waals surface area contributed by atoms with Crippen molar-refractivity contribution in [3.8, 4) is 16.9 Å². The van der Waals surface area contributed by atoms with E-state index in [1.54, 1.807) is 4.90 Å². The predicted octanol–water partition coefficient (Wildman–Crippen LogP) is 5.37. The summed E-state index contributed by atoms with van der Waals surface area (Å²) in [5.41, 5.74) is 4.27. The van der Waals surface area contributed by atoms with Crippen LogP contribution in [0.2, 0.25) is 5.02 Å². The first-order valence-electron chi connectivity index (χ1n) is 11.9. The Morgan fingerprint density at radius 2 is 1.59 bits per heavy atom. The molecule has 0 atom stereocenters. The third-order valence-electron chi connectivity index (χ3n) is 6.30. The summed E-state index contributed by atoms with van der Waals surface area (Å²) in [7, 11) is 0. The van der Waals surface area contributed by atoms with E-state index in [1.807, 2.05) is 72.5 Å². The second-order valence-corrected chi connectivity index (χ2v) is 8.95. The number of hydrogen-bond donors (Lipinski definition) is 1. The molecule has 0 radical (unpaired) electrons. The summed E-state index contributed by atoms with van der Waals surface area (Å²) >= 11 is 6.56. The number of piperazine rings is 1. The first-order chi connectivity index (χ1) is 16.5. The fourth-order valence-electron chi connectivity index (χ4n) is 4.36. The van der Waals surface area contributed by atoms with Crippen molar-refractivity contribution in [3.63, 3.8) is 0 Å². The molecule has 1 aliphatic heterocycles. The molecule has 2 aromatic carbocycles. The number of benzene rings is 2. The van der Waals surface area contributed by atoms with Gasteiger partial charge in [-0.25, -0.2) is 4.79 Å². The Morgan fingerprint density at radius 3 is 2.26 bits per heavy atom. The number of urea groups is 1. The number of para-hydroxylation sites is 1. The van der Waals surface area contributed by atoms with Gasteiger partial charge in [-0.2, -0.15) is 0 Å². The summed E-state index contributed by atoms with van der Waals surface area (Å²) in [6, 6.07) is 19.6. The molecule has 6 nitrogen and oxygen atoms in total. The van der Waals surface area contributed by atoms with Crippen LogP contribution in [0.25, 0.3) is 16.9 Å². The SMILES string of the molecule is CCCCNC(=O)N1CCN(C(=O)c2cc(-c3ccccc3)n(-c3ccccc3Cl)c2C)CC1. The molecule has 0 bridgehead atoms. The largest absolute Gasteiger partial charge is 0.338 e. The smallest absolute Gasteiger partial charge is 0.317 e. The van der Waals surface area contributed by atoms with Crippen LogP contribution in [0, 0.1) is 6.92 Å². The lowest BCUT2D eigenvalue weighted by molar-refractivity contribution is 0.0664. The van der Waals surface area contributed by atoms with E-state index in [2.05, 4.69) is 16.8 Å². The minimum absolute atomic E-state index is 0.0217. The van der Waals surface area contributed by atoms with Crippen molar-refractivity contribution in [2.75, 3.05) is 32.7 Å². The van der Waals surface area contributed by atoms with Gasteiger partial charge in [0.05, 0.1) is 22.0 Å². The molecule has 1 saturated heterocycles. The summed E-state index contributed by atoms with van der Waals surface area (Å²) in [6.07, 6.45) is 2.01. The minimum atomic E-state index is -0.0482. The van der Waals surface area contributed by atoms with Crippen LogP contribution in [0.1, 0.15) is 35.8 Å². The quantitative estimate of drug-likeness (QED) is 0.484. The Morgan fingerprint density at radius 1 is 0.941 bits per heavy atom. The first-order valence-corrected chi connectivity index (χ1v) is 12.2. The molecule has 1 fully saturated rings. The lowest BCUT2D eigenvalue weighted by Crippen LogP contribution is -2.53. The Labute approximate surface area is 206 Å². The highest BCUT2D eigenvalue weighted by atomic mass is 35.5. The molecule has 0 saturated carbocycles. The van der Waals surface area contributed by atoms with Crippen molar-refractivity contribution in [1.29, 1.82) is 0 Å². The van der Waals surface area contributed by atoms with E-state index in [4.69, 9.17) is 11.6 Å². The summed E-state index contributed by atoms with van der Waals surface area (Å²) in [6.45, 7) is 6.82. The number of carbonyl (C=O) groups is 2. The Kier molecular flexibility index (Phi) is 7.58. The van der Waals surface area contributed by atoms with Crippen LogP contribution < -0.4 is 5.32 Å². The molecule has 4 rings (SSSR count). The van der Waals surface area contributed by atoms with Gasteiger partial charge in [-0.1, -0.05) is 67.4 Å². The molecular formula is C27H31ClN4O2. The zero-order valence-corrected chi connectivity index (χ0v) is 20.5. The van der Waals surface area contributed by atoms with Gasteiger partial charge in [0.2, 0.25) is 0 Å². The molecule has 34 heavy (non-hydrogen) atoms. The Balaban J connectivity index is 1.59. The second kappa shape index (κ2) is 10.8. The minimum Gasteiger partial charge on any atom is -0.338 e. The number of aromatic nitrogens is 1. The van der Waals surface area contributed by atoms with Gasteiger partial charge in [0.1, 0.15) is 0 Å². The zero-order valence-electron chi connectivity index (χ0n) is 19.8. The maximum absolute atomic E-state index is 13.6. The highest BCUT2D eigenvalue weighted by Gasteiger charge is 2.28. The summed E-state index contributed by atoms with van der Waals surface area (Å²) in [4.78, 5) is 29.6. The first kappa shape index (κ1) is 23.9. The highest BCUT2D eigenvalue weighted by molar-refractivity contribution is 6.32. The summed E-state index contributed by atoms with van der Waals surface area (Å²) < 4.78 is 2.06. The molecule has 0 unspecified atom stereocenters. The van der Waals surface area contributed by atoms with Gasteiger partial charge in [-0.3, -0.25) is 4.79 Å². The van der Waals surface area contributed by atoms with Gasteiger partial charge < -0.3 is 19.7 Å². The maximum atomic E-state index is 13.6. The van der Waals surface area contributed by atoms with Gasteiger partial charge >= 0.3 is 6.03 Å². The lowest BCUT2D eigenvalue weighted by atomic mass is 10.1. The number of nitrogens with one attached hydrogen (secondary N) is 1. The van der Waals surface area contributed by atoms with Crippen LogP contribution in [0.5, 0.6) is 0 Å². The number of nitrogens with zero attached hydrogens (tertiary/aromatic N) is 3. The van der Waals surface area contributed by atoms with E-state index >= 15 is 0 Å². The van der Waals surface area contributed by atoms with E-state index in [1.165, 1.54) is 0 Å². The van der Waals surface area contributed by atoms with Crippen molar-refractivity contribution >= 4 is 23.5 Å². The predicted molar refractivity (Wildman–Crippen MR) is 137 cm³/mol. The van der Waals surface area contributed by atoms with Crippen molar-refractivity contribution in [3.05, 3.63) is 76.9 Å². The van der Waals surface area contributed by atoms with E-state index in [0.29, 0.717) is 43.3 Å². The lowest BCUT2D eigenvalue weighted by Gasteiger charge is -2.34. The molecule has 7 heteroatoms. The number of amides is 3. The van der Waals surface area contributed by atoms with Crippen LogP contribution in [0.3, 0.4) is 0 Å². The van der Waals surface area contributed by atoms with Crippen LogP contribution in [-0.4, -0.2) is 59.0 Å². The number of carbonyl (C=O) groups excluding carboxylic acids is 2. The number of halogens is 1. The molecule has 0 spiro atoms. The van der Waals surface area contributed by atoms with Crippen molar-refractivity contribution in [1.82, 2.24) is 19.7 Å². The van der Waals surface area contributed by atoms with Crippen molar-refractivity contribution in [2.24, 2.45) is 0 Å². The second-order valence-electron chi connectivity index (χ2n) is 8.55. The van der Waals surface area contributed by atoms with Gasteiger partial charge in [0, 0.05) is 38.4 Å². The van der Waals surface area contributed by atoms with E-state index in [0.717, 1.165) is 35.5 Å². The number of rotatable bonds is 6. The Bertz CT molecular complexity index is 1150. The van der Waals surface area contributed by atoms with Gasteiger partial charge in [0.25, 0.3) is 5.91 Å². The third-order valence-corrected chi connectivity index (χ3v) is 6.62. The van der Waals surface area contributed by atoms with E-state index in [9.17, 15) is 9.59 Å². The summed E-state index contributed by atoms with van der Waals surface area (Å²) in [5, 5.41) is 3.58. The molecule has 0 aliphatic carbocycles. The topological polar surface area (TPSA) is 57.6 Å². The monoisotopic (exact) mass is 478 g/mol. The molecular weight excluding hydrogens is 448 g/mol.